The third-order valence-corrected chi connectivity index (χ3v) is 4.67. The van der Waals surface area contributed by atoms with Crippen molar-refractivity contribution in [2.45, 2.75) is 58.9 Å². The zero-order valence-electron chi connectivity index (χ0n) is 12.8. The van der Waals surface area contributed by atoms with Crippen molar-refractivity contribution in [3.63, 3.8) is 0 Å². The average molecular weight is 278 g/mol. The van der Waals surface area contributed by atoms with Gasteiger partial charge in [-0.05, 0) is 45.4 Å². The van der Waals surface area contributed by atoms with Crippen LogP contribution in [0.2, 0.25) is 0 Å². The summed E-state index contributed by atoms with van der Waals surface area (Å²) in [4.78, 5) is 17.0. The fourth-order valence-corrected chi connectivity index (χ4v) is 3.07. The molecule has 0 atom stereocenters. The number of nitrogens with two attached hydrogens (primary N) is 1. The van der Waals surface area contributed by atoms with E-state index in [0.29, 0.717) is 18.9 Å². The Morgan fingerprint density at radius 3 is 2.70 bits per heavy atom. The number of carbonyl (C=O) groups excluding carboxylic acids is 1. The van der Waals surface area contributed by atoms with Crippen molar-refractivity contribution in [2.24, 2.45) is 17.1 Å². The van der Waals surface area contributed by atoms with Gasteiger partial charge in [-0.2, -0.15) is 5.10 Å². The van der Waals surface area contributed by atoms with E-state index in [1.165, 1.54) is 6.33 Å². The zero-order valence-corrected chi connectivity index (χ0v) is 12.8. The molecular weight excluding hydrogens is 252 g/mol. The molecule has 0 bridgehead atoms. The molecule has 1 saturated carbocycles. The minimum absolute atomic E-state index is 0.223. The van der Waals surface area contributed by atoms with Gasteiger partial charge in [-0.25, -0.2) is 9.67 Å². The largest absolute Gasteiger partial charge is 0.329 e. The summed E-state index contributed by atoms with van der Waals surface area (Å²) < 4.78 is 1.83. The van der Waals surface area contributed by atoms with Crippen LogP contribution in [-0.4, -0.2) is 27.1 Å². The molecule has 0 radical (unpaired) electrons. The Balaban J connectivity index is 2.12. The molecule has 1 fully saturated rings. The average Bonchev–Trinajstić information content (AvgIpc) is 2.88. The lowest BCUT2D eigenvalue weighted by molar-refractivity contribution is -0.130. The molecule has 1 aromatic heterocycles. The summed E-state index contributed by atoms with van der Waals surface area (Å²) >= 11 is 0. The smallest absolute Gasteiger partial charge is 0.147 e. The second-order valence-corrected chi connectivity index (χ2v) is 6.48. The van der Waals surface area contributed by atoms with Crippen LogP contribution in [0.25, 0.3) is 0 Å². The minimum Gasteiger partial charge on any atom is -0.329 e. The lowest BCUT2D eigenvalue weighted by atomic mass is 9.67. The number of ketones is 1. The maximum Gasteiger partial charge on any atom is 0.147 e. The molecule has 0 saturated heterocycles. The highest BCUT2D eigenvalue weighted by Crippen LogP contribution is 2.39. The van der Waals surface area contributed by atoms with Gasteiger partial charge in [-0.1, -0.05) is 6.92 Å². The first kappa shape index (κ1) is 15.2. The molecule has 1 heterocycles. The number of rotatable bonds is 5. The Morgan fingerprint density at radius 2 is 2.15 bits per heavy atom. The predicted octanol–water partition coefficient (Wildman–Crippen LogP) is 2.13. The highest BCUT2D eigenvalue weighted by Gasteiger charge is 2.39. The van der Waals surface area contributed by atoms with E-state index in [0.717, 1.165) is 31.5 Å². The van der Waals surface area contributed by atoms with E-state index in [2.05, 4.69) is 17.0 Å². The Labute approximate surface area is 120 Å². The third kappa shape index (κ3) is 2.92. The number of Topliss-reactive ketones (excluding diaryl/α,β-unsaturated/α-hetero) is 1. The molecule has 0 unspecified atom stereocenters. The molecule has 0 aliphatic heterocycles. The molecule has 1 aliphatic carbocycles. The van der Waals surface area contributed by atoms with E-state index < -0.39 is 0 Å². The van der Waals surface area contributed by atoms with Crippen LogP contribution >= 0.6 is 0 Å². The Kier molecular flexibility index (Phi) is 4.58. The summed E-state index contributed by atoms with van der Waals surface area (Å²) in [5, 5.41) is 4.20. The van der Waals surface area contributed by atoms with Crippen LogP contribution in [0.3, 0.4) is 0 Å². The van der Waals surface area contributed by atoms with Gasteiger partial charge in [0, 0.05) is 18.0 Å². The molecule has 20 heavy (non-hydrogen) atoms. The highest BCUT2D eigenvalue weighted by atomic mass is 16.1. The van der Waals surface area contributed by atoms with Crippen molar-refractivity contribution >= 4 is 5.78 Å². The van der Waals surface area contributed by atoms with E-state index in [-0.39, 0.29) is 17.2 Å². The van der Waals surface area contributed by atoms with Crippen molar-refractivity contribution in [1.82, 2.24) is 14.8 Å². The van der Waals surface area contributed by atoms with Gasteiger partial charge >= 0.3 is 0 Å². The van der Waals surface area contributed by atoms with Crippen molar-refractivity contribution in [3.05, 3.63) is 12.2 Å². The summed E-state index contributed by atoms with van der Waals surface area (Å²) in [6, 6.07) is 0.223. The Morgan fingerprint density at radius 1 is 1.50 bits per heavy atom. The first-order valence-electron chi connectivity index (χ1n) is 7.60. The molecule has 1 aromatic rings. The van der Waals surface area contributed by atoms with Gasteiger partial charge in [0.2, 0.25) is 0 Å². The summed E-state index contributed by atoms with van der Waals surface area (Å²) in [6.45, 7) is 6.79. The van der Waals surface area contributed by atoms with Crippen molar-refractivity contribution in [3.8, 4) is 0 Å². The van der Waals surface area contributed by atoms with E-state index in [4.69, 9.17) is 5.73 Å². The number of carbonyl (C=O) groups is 1. The fourth-order valence-electron chi connectivity index (χ4n) is 3.07. The monoisotopic (exact) mass is 278 g/mol. The number of hydrogen-bond donors (Lipinski definition) is 1. The molecule has 2 rings (SSSR count). The van der Waals surface area contributed by atoms with Crippen molar-refractivity contribution < 1.29 is 4.79 Å². The molecule has 5 heteroatoms. The number of nitrogens with zero attached hydrogens (tertiary/aromatic N) is 3. The van der Waals surface area contributed by atoms with Crippen LogP contribution in [0.15, 0.2) is 6.33 Å². The summed E-state index contributed by atoms with van der Waals surface area (Å²) in [5.41, 5.74) is 5.61. The van der Waals surface area contributed by atoms with Crippen LogP contribution in [0, 0.1) is 11.3 Å². The van der Waals surface area contributed by atoms with Gasteiger partial charge in [-0.3, -0.25) is 4.79 Å². The van der Waals surface area contributed by atoms with E-state index in [9.17, 15) is 4.79 Å². The standard InChI is InChI=1S/C15H26N4O/c1-11(2)19-14(17-10-18-19)8-13(20)15(9-16)6-4-12(3)5-7-15/h10-12H,4-9,16H2,1-3H3. The molecule has 2 N–H and O–H groups in total. The first-order chi connectivity index (χ1) is 9.48. The van der Waals surface area contributed by atoms with Crippen molar-refractivity contribution in [2.75, 3.05) is 6.54 Å². The second-order valence-electron chi connectivity index (χ2n) is 6.48. The normalized spacial score (nSPS) is 26.9. The molecule has 0 aromatic carbocycles. The van der Waals surface area contributed by atoms with Crippen LogP contribution < -0.4 is 5.73 Å². The SMILES string of the molecule is CC1CCC(CN)(C(=O)Cc2ncnn2C(C)C)CC1. The minimum atomic E-state index is -0.333. The summed E-state index contributed by atoms with van der Waals surface area (Å²) in [5.74, 6) is 1.71. The van der Waals surface area contributed by atoms with Gasteiger partial charge in [-0.15, -0.1) is 0 Å². The number of aromatic nitrogens is 3. The Bertz CT molecular complexity index is 458. The zero-order chi connectivity index (χ0) is 14.8. The van der Waals surface area contributed by atoms with E-state index in [1.807, 2.05) is 18.5 Å². The Hall–Kier alpha value is -1.23. The first-order valence-corrected chi connectivity index (χ1v) is 7.60. The summed E-state index contributed by atoms with van der Waals surface area (Å²) in [7, 11) is 0. The van der Waals surface area contributed by atoms with E-state index in [1.54, 1.807) is 0 Å². The molecule has 0 amide bonds. The maximum absolute atomic E-state index is 12.7. The quantitative estimate of drug-likeness (QED) is 0.895. The lowest BCUT2D eigenvalue weighted by Crippen LogP contribution is -2.42. The number of hydrogen-bond acceptors (Lipinski definition) is 4. The topological polar surface area (TPSA) is 73.8 Å². The molecular formula is C15H26N4O. The van der Waals surface area contributed by atoms with Crippen molar-refractivity contribution in [1.29, 1.82) is 0 Å². The second kappa shape index (κ2) is 6.04. The van der Waals surface area contributed by atoms with Gasteiger partial charge in [0.1, 0.15) is 17.9 Å². The van der Waals surface area contributed by atoms with Gasteiger partial charge in [0.05, 0.1) is 6.42 Å². The fraction of sp³-hybridized carbons (Fsp3) is 0.800. The van der Waals surface area contributed by atoms with Crippen LogP contribution in [0.4, 0.5) is 0 Å². The molecule has 1 aliphatic rings. The summed E-state index contributed by atoms with van der Waals surface area (Å²) in [6.07, 6.45) is 5.91. The lowest BCUT2D eigenvalue weighted by Gasteiger charge is -2.37. The highest BCUT2D eigenvalue weighted by molar-refractivity contribution is 5.86. The third-order valence-electron chi connectivity index (χ3n) is 4.67. The van der Waals surface area contributed by atoms with E-state index >= 15 is 0 Å². The van der Waals surface area contributed by atoms with Crippen LogP contribution in [0.1, 0.15) is 58.3 Å². The van der Waals surface area contributed by atoms with Gasteiger partial charge < -0.3 is 5.73 Å². The van der Waals surface area contributed by atoms with Crippen LogP contribution in [0.5, 0.6) is 0 Å². The maximum atomic E-state index is 12.7. The molecule has 5 nitrogen and oxygen atoms in total. The molecule has 0 spiro atoms. The predicted molar refractivity (Wildman–Crippen MR) is 78.2 cm³/mol. The van der Waals surface area contributed by atoms with Gasteiger partial charge in [0.15, 0.2) is 0 Å². The van der Waals surface area contributed by atoms with Crippen LogP contribution in [-0.2, 0) is 11.2 Å². The molecule has 112 valence electrons. The van der Waals surface area contributed by atoms with Gasteiger partial charge in [0.25, 0.3) is 0 Å².